The van der Waals surface area contributed by atoms with E-state index in [9.17, 15) is 0 Å². The van der Waals surface area contributed by atoms with E-state index in [-0.39, 0.29) is 21.3 Å². The summed E-state index contributed by atoms with van der Waals surface area (Å²) in [4.78, 5) is 4.73. The zero-order valence-corrected chi connectivity index (χ0v) is 18.9. The van der Waals surface area contributed by atoms with Gasteiger partial charge in [0.2, 0.25) is 0 Å². The molecule has 2 aromatic heterocycles. The summed E-state index contributed by atoms with van der Waals surface area (Å²) in [6, 6.07) is 8.38. The fourth-order valence-electron chi connectivity index (χ4n) is 2.86. The van der Waals surface area contributed by atoms with Gasteiger partial charge in [0, 0.05) is 11.1 Å². The summed E-state index contributed by atoms with van der Waals surface area (Å²) >= 11 is -0.207. The molecule has 3 N–H and O–H groups in total. The third-order valence-electron chi connectivity index (χ3n) is 4.90. The number of nitrogens with one attached hydrogen (secondary N) is 1. The molecular weight excluding hydrogens is 368 g/mol. The fourth-order valence-corrected chi connectivity index (χ4v) is 3.50. The standard InChI is InChI=1S/C22H31N4OS/c1-13-9-10-14(27-28(8)22(5,6)7)11-15(13)16-12-17(21(2,3)4)24-20-18(16)19(23)25-26-20/h9-12H,1-8H3,(H3,23,24,25,26)/q+1. The molecule has 0 spiro atoms. The first-order chi connectivity index (χ1) is 12.9. The van der Waals surface area contributed by atoms with E-state index in [0.717, 1.165) is 33.5 Å². The number of nitrogen functional groups attached to an aromatic ring is 1. The summed E-state index contributed by atoms with van der Waals surface area (Å²) < 4.78 is 6.36. The molecule has 0 bridgehead atoms. The Morgan fingerprint density at radius 3 is 2.32 bits per heavy atom. The van der Waals surface area contributed by atoms with Gasteiger partial charge in [-0.2, -0.15) is 5.10 Å². The van der Waals surface area contributed by atoms with Crippen molar-refractivity contribution in [2.75, 3.05) is 12.0 Å². The van der Waals surface area contributed by atoms with E-state index < -0.39 is 0 Å². The molecule has 3 aromatic rings. The van der Waals surface area contributed by atoms with E-state index in [4.69, 9.17) is 14.9 Å². The SMILES string of the molecule is Cc1ccc(O[S+](C)C(C)(C)C)cc1-c1cc(C(C)(C)C)nc2n[nH]c(N)c12. The van der Waals surface area contributed by atoms with Crippen LogP contribution in [0.1, 0.15) is 52.8 Å². The van der Waals surface area contributed by atoms with Crippen molar-refractivity contribution in [1.29, 1.82) is 0 Å². The minimum atomic E-state index is -0.207. The van der Waals surface area contributed by atoms with Gasteiger partial charge >= 0.3 is 0 Å². The Kier molecular flexibility index (Phi) is 5.13. The second kappa shape index (κ2) is 6.99. The van der Waals surface area contributed by atoms with Crippen LogP contribution in [0.5, 0.6) is 5.75 Å². The Balaban J connectivity index is 2.19. The second-order valence-corrected chi connectivity index (χ2v) is 11.6. The largest absolute Gasteiger partial charge is 0.383 e. The smallest absolute Gasteiger partial charge is 0.199 e. The minimum Gasteiger partial charge on any atom is -0.383 e. The van der Waals surface area contributed by atoms with Gasteiger partial charge in [-0.15, -0.1) is 0 Å². The molecule has 3 rings (SSSR count). The number of hydrogen-bond acceptors (Lipinski definition) is 4. The van der Waals surface area contributed by atoms with Gasteiger partial charge in [0.1, 0.15) is 12.1 Å². The number of H-pyrrole nitrogens is 1. The maximum atomic E-state index is 6.27. The zero-order valence-electron chi connectivity index (χ0n) is 18.1. The van der Waals surface area contributed by atoms with Crippen LogP contribution in [-0.2, 0) is 16.6 Å². The van der Waals surface area contributed by atoms with E-state index in [1.165, 1.54) is 0 Å². The van der Waals surface area contributed by atoms with Crippen molar-refractivity contribution >= 4 is 28.0 Å². The Morgan fingerprint density at radius 2 is 1.71 bits per heavy atom. The van der Waals surface area contributed by atoms with Crippen LogP contribution in [0, 0.1) is 6.92 Å². The van der Waals surface area contributed by atoms with Crippen LogP contribution in [-0.4, -0.2) is 26.2 Å². The highest BCUT2D eigenvalue weighted by Crippen LogP contribution is 2.37. The average molecular weight is 400 g/mol. The van der Waals surface area contributed by atoms with Crippen molar-refractivity contribution in [2.45, 2.75) is 58.6 Å². The van der Waals surface area contributed by atoms with Gasteiger partial charge in [-0.05, 0) is 62.6 Å². The third kappa shape index (κ3) is 3.97. The molecule has 28 heavy (non-hydrogen) atoms. The van der Waals surface area contributed by atoms with Gasteiger partial charge < -0.3 is 5.73 Å². The van der Waals surface area contributed by atoms with Crippen molar-refractivity contribution in [1.82, 2.24) is 15.2 Å². The number of hydrogen-bond donors (Lipinski definition) is 2. The number of aryl methyl sites for hydroxylation is 1. The molecule has 6 heteroatoms. The highest BCUT2D eigenvalue weighted by atomic mass is 32.2. The number of fused-ring (bicyclic) bond motifs is 1. The van der Waals surface area contributed by atoms with Crippen molar-refractivity contribution in [3.05, 3.63) is 35.5 Å². The number of anilines is 1. The normalized spacial score (nSPS) is 13.7. The number of nitrogens with zero attached hydrogens (tertiary/aromatic N) is 2. The second-order valence-electron chi connectivity index (χ2n) is 9.27. The van der Waals surface area contributed by atoms with Gasteiger partial charge in [-0.25, -0.2) is 4.98 Å². The molecule has 150 valence electrons. The first kappa shape index (κ1) is 20.5. The lowest BCUT2D eigenvalue weighted by Gasteiger charge is -2.20. The maximum absolute atomic E-state index is 6.27. The Bertz CT molecular complexity index is 1010. The van der Waals surface area contributed by atoms with Crippen LogP contribution in [0.25, 0.3) is 22.2 Å². The average Bonchev–Trinajstić information content (AvgIpc) is 2.95. The molecule has 5 nitrogen and oxygen atoms in total. The maximum Gasteiger partial charge on any atom is 0.199 e. The van der Waals surface area contributed by atoms with Gasteiger partial charge in [-0.1, -0.05) is 26.8 Å². The van der Waals surface area contributed by atoms with Gasteiger partial charge in [0.25, 0.3) is 0 Å². The Labute approximate surface area is 170 Å². The molecule has 2 heterocycles. The molecule has 0 saturated carbocycles. The van der Waals surface area contributed by atoms with Crippen molar-refractivity contribution in [3.63, 3.8) is 0 Å². The molecule has 0 aliphatic heterocycles. The Morgan fingerprint density at radius 1 is 1.04 bits per heavy atom. The monoisotopic (exact) mass is 399 g/mol. The number of pyridine rings is 1. The summed E-state index contributed by atoms with van der Waals surface area (Å²) in [5.41, 5.74) is 11.0. The van der Waals surface area contributed by atoms with Crippen LogP contribution in [0.15, 0.2) is 24.3 Å². The lowest BCUT2D eigenvalue weighted by molar-refractivity contribution is 0.571. The molecule has 0 fully saturated rings. The van der Waals surface area contributed by atoms with Crippen molar-refractivity contribution < 1.29 is 4.18 Å². The summed E-state index contributed by atoms with van der Waals surface area (Å²) in [6.45, 7) is 15.1. The van der Waals surface area contributed by atoms with Crippen LogP contribution in [0.3, 0.4) is 0 Å². The van der Waals surface area contributed by atoms with Crippen LogP contribution >= 0.6 is 0 Å². The summed E-state index contributed by atoms with van der Waals surface area (Å²) in [5.74, 6) is 1.40. The highest BCUT2D eigenvalue weighted by Gasteiger charge is 2.33. The molecule has 0 radical (unpaired) electrons. The van der Waals surface area contributed by atoms with E-state index in [1.807, 2.05) is 6.07 Å². The van der Waals surface area contributed by atoms with E-state index >= 15 is 0 Å². The highest BCUT2D eigenvalue weighted by molar-refractivity contribution is 7.93. The number of aromatic nitrogens is 3. The minimum absolute atomic E-state index is 0.0867. The van der Waals surface area contributed by atoms with Crippen LogP contribution in [0.2, 0.25) is 0 Å². The molecule has 0 saturated heterocycles. The molecule has 1 unspecified atom stereocenters. The van der Waals surface area contributed by atoms with Crippen molar-refractivity contribution in [2.24, 2.45) is 0 Å². The van der Waals surface area contributed by atoms with Gasteiger partial charge in [-0.3, -0.25) is 9.28 Å². The van der Waals surface area contributed by atoms with Gasteiger partial charge in [0.05, 0.1) is 5.39 Å². The molecule has 0 amide bonds. The number of benzene rings is 1. The molecule has 0 aliphatic rings. The fraction of sp³-hybridized carbons (Fsp3) is 0.455. The summed E-state index contributed by atoms with van der Waals surface area (Å²) in [6.07, 6.45) is 2.13. The van der Waals surface area contributed by atoms with Crippen LogP contribution < -0.4 is 9.92 Å². The predicted molar refractivity (Wildman–Crippen MR) is 121 cm³/mol. The molecule has 1 atom stereocenters. The van der Waals surface area contributed by atoms with E-state index in [2.05, 4.69) is 83.1 Å². The topological polar surface area (TPSA) is 76.8 Å². The van der Waals surface area contributed by atoms with E-state index in [0.29, 0.717) is 11.5 Å². The van der Waals surface area contributed by atoms with Crippen LogP contribution in [0.4, 0.5) is 5.82 Å². The lowest BCUT2D eigenvalue weighted by atomic mass is 9.88. The number of rotatable bonds is 3. The summed E-state index contributed by atoms with van der Waals surface area (Å²) in [5, 5.41) is 8.07. The number of nitrogens with two attached hydrogens (primary N) is 1. The Hall–Kier alpha value is -2.21. The lowest BCUT2D eigenvalue weighted by Crippen LogP contribution is -2.31. The van der Waals surface area contributed by atoms with Crippen molar-refractivity contribution in [3.8, 4) is 16.9 Å². The predicted octanol–water partition coefficient (Wildman–Crippen LogP) is 5.15. The first-order valence-corrected chi connectivity index (χ1v) is 11.0. The molecule has 1 aromatic carbocycles. The first-order valence-electron chi connectivity index (χ1n) is 9.48. The quantitative estimate of drug-likeness (QED) is 0.597. The number of aromatic amines is 1. The molecule has 0 aliphatic carbocycles. The third-order valence-corrected chi connectivity index (χ3v) is 7.07. The molecular formula is C22H31N4OS+. The van der Waals surface area contributed by atoms with E-state index in [1.54, 1.807) is 0 Å². The summed E-state index contributed by atoms with van der Waals surface area (Å²) in [7, 11) is 0. The zero-order chi connectivity index (χ0) is 20.9. The van der Waals surface area contributed by atoms with Gasteiger partial charge in [0.15, 0.2) is 27.3 Å².